The fourth-order valence-corrected chi connectivity index (χ4v) is 3.10. The molecule has 0 saturated carbocycles. The van der Waals surface area contributed by atoms with Crippen molar-refractivity contribution >= 4 is 34.5 Å². The maximum atomic E-state index is 12.1. The molecule has 4 nitrogen and oxygen atoms in total. The summed E-state index contributed by atoms with van der Waals surface area (Å²) in [5, 5.41) is 0.165. The number of nitrogens with zero attached hydrogens (tertiary/aromatic N) is 1. The van der Waals surface area contributed by atoms with E-state index in [-0.39, 0.29) is 16.4 Å². The van der Waals surface area contributed by atoms with E-state index in [0.29, 0.717) is 31.0 Å². The van der Waals surface area contributed by atoms with Gasteiger partial charge in [0.05, 0.1) is 5.25 Å². The number of benzene rings is 1. The number of halogens is 1. The second-order valence-electron chi connectivity index (χ2n) is 4.34. The molecule has 102 valence electrons. The number of hydrogen-bond acceptors (Lipinski definition) is 4. The fraction of sp³-hybridized carbons (Fsp3) is 0.385. The van der Waals surface area contributed by atoms with Gasteiger partial charge in [0.1, 0.15) is 0 Å². The predicted octanol–water partition coefficient (Wildman–Crippen LogP) is 2.30. The molecule has 1 aromatic carbocycles. The van der Waals surface area contributed by atoms with E-state index in [9.17, 15) is 9.59 Å². The van der Waals surface area contributed by atoms with E-state index in [1.54, 1.807) is 12.1 Å². The van der Waals surface area contributed by atoms with E-state index in [2.05, 4.69) is 0 Å². The Morgan fingerprint density at radius 2 is 1.95 bits per heavy atom. The largest absolute Gasteiger partial charge is 0.330 e. The first-order chi connectivity index (χ1) is 9.11. The summed E-state index contributed by atoms with van der Waals surface area (Å²) in [4.78, 5) is 25.2. The maximum absolute atomic E-state index is 12.1. The van der Waals surface area contributed by atoms with Gasteiger partial charge in [0, 0.05) is 11.6 Å². The van der Waals surface area contributed by atoms with Gasteiger partial charge in [-0.15, -0.1) is 0 Å². The molecule has 1 aliphatic rings. The molecule has 1 aliphatic heterocycles. The Morgan fingerprint density at radius 3 is 2.58 bits per heavy atom. The highest BCUT2D eigenvalue weighted by Crippen LogP contribution is 2.29. The van der Waals surface area contributed by atoms with E-state index < -0.39 is 0 Å². The van der Waals surface area contributed by atoms with Crippen molar-refractivity contribution in [1.29, 1.82) is 0 Å². The number of rotatable bonds is 5. The molecule has 0 aromatic heterocycles. The molecule has 0 bridgehead atoms. The minimum atomic E-state index is -0.327. The first-order valence-electron chi connectivity index (χ1n) is 6.08. The zero-order chi connectivity index (χ0) is 13.8. The first kappa shape index (κ1) is 14.4. The quantitative estimate of drug-likeness (QED) is 0.906. The van der Waals surface area contributed by atoms with E-state index >= 15 is 0 Å². The molecule has 1 saturated heterocycles. The van der Waals surface area contributed by atoms with Crippen molar-refractivity contribution in [3.05, 3.63) is 34.9 Å². The smallest absolute Gasteiger partial charge is 0.289 e. The zero-order valence-electron chi connectivity index (χ0n) is 10.3. The summed E-state index contributed by atoms with van der Waals surface area (Å²) in [6.07, 6.45) is 1.19. The molecule has 1 aromatic rings. The van der Waals surface area contributed by atoms with Crippen LogP contribution >= 0.6 is 23.4 Å². The third-order valence-corrected chi connectivity index (χ3v) is 4.25. The highest BCUT2D eigenvalue weighted by atomic mass is 35.5. The SMILES string of the molecule is NCCCN1C(=O)SC(Cc2ccc(Cl)cc2)C1=O. The van der Waals surface area contributed by atoms with Crippen LogP contribution in [0.2, 0.25) is 5.02 Å². The first-order valence-corrected chi connectivity index (χ1v) is 7.34. The lowest BCUT2D eigenvalue weighted by Crippen LogP contribution is -2.33. The van der Waals surface area contributed by atoms with Gasteiger partial charge in [-0.05, 0) is 37.1 Å². The second-order valence-corrected chi connectivity index (χ2v) is 5.93. The number of amides is 2. The Balaban J connectivity index is 2.00. The van der Waals surface area contributed by atoms with Crippen LogP contribution in [0.1, 0.15) is 12.0 Å². The Kier molecular flexibility index (Phi) is 4.85. The number of thioether (sulfide) groups is 1. The number of imide groups is 1. The van der Waals surface area contributed by atoms with Crippen molar-refractivity contribution in [3.63, 3.8) is 0 Å². The van der Waals surface area contributed by atoms with Crippen molar-refractivity contribution in [1.82, 2.24) is 4.90 Å². The van der Waals surface area contributed by atoms with E-state index in [0.717, 1.165) is 17.3 Å². The summed E-state index contributed by atoms with van der Waals surface area (Å²) in [7, 11) is 0. The second kappa shape index (κ2) is 6.41. The van der Waals surface area contributed by atoms with Gasteiger partial charge in [0.25, 0.3) is 5.24 Å². The molecule has 2 amide bonds. The van der Waals surface area contributed by atoms with Crippen LogP contribution in [0.3, 0.4) is 0 Å². The Hall–Kier alpha value is -1.04. The summed E-state index contributed by atoms with van der Waals surface area (Å²) in [6, 6.07) is 7.33. The highest BCUT2D eigenvalue weighted by Gasteiger charge is 2.38. The van der Waals surface area contributed by atoms with Crippen molar-refractivity contribution in [2.45, 2.75) is 18.1 Å². The van der Waals surface area contributed by atoms with Crippen molar-refractivity contribution < 1.29 is 9.59 Å². The average molecular weight is 299 g/mol. The number of hydrogen-bond donors (Lipinski definition) is 1. The molecule has 0 radical (unpaired) electrons. The maximum Gasteiger partial charge on any atom is 0.289 e. The summed E-state index contributed by atoms with van der Waals surface area (Å²) in [5.41, 5.74) is 6.40. The number of nitrogens with two attached hydrogens (primary N) is 1. The molecule has 2 N–H and O–H groups in total. The van der Waals surface area contributed by atoms with Gasteiger partial charge in [-0.25, -0.2) is 0 Å². The van der Waals surface area contributed by atoms with Gasteiger partial charge in [-0.2, -0.15) is 0 Å². The molecular weight excluding hydrogens is 284 g/mol. The van der Waals surface area contributed by atoms with Crippen LogP contribution in [-0.2, 0) is 11.2 Å². The van der Waals surface area contributed by atoms with Crippen molar-refractivity contribution in [3.8, 4) is 0 Å². The summed E-state index contributed by atoms with van der Waals surface area (Å²) in [6.45, 7) is 0.891. The van der Waals surface area contributed by atoms with Gasteiger partial charge in [0.15, 0.2) is 0 Å². The molecule has 1 atom stereocenters. The summed E-state index contributed by atoms with van der Waals surface area (Å²) in [5.74, 6) is -0.113. The third-order valence-electron chi connectivity index (χ3n) is 2.93. The molecule has 6 heteroatoms. The molecule has 1 heterocycles. The minimum Gasteiger partial charge on any atom is -0.330 e. The molecule has 0 spiro atoms. The van der Waals surface area contributed by atoms with Gasteiger partial charge >= 0.3 is 0 Å². The Morgan fingerprint density at radius 1 is 1.26 bits per heavy atom. The Bertz CT molecular complexity index is 478. The molecule has 1 fully saturated rings. The number of carbonyl (C=O) groups excluding carboxylic acids is 2. The van der Waals surface area contributed by atoms with Gasteiger partial charge < -0.3 is 5.73 Å². The van der Waals surface area contributed by atoms with Crippen LogP contribution < -0.4 is 5.73 Å². The van der Waals surface area contributed by atoms with E-state index in [1.807, 2.05) is 12.1 Å². The van der Waals surface area contributed by atoms with Crippen molar-refractivity contribution in [2.75, 3.05) is 13.1 Å². The monoisotopic (exact) mass is 298 g/mol. The van der Waals surface area contributed by atoms with Crippen LogP contribution in [0.15, 0.2) is 24.3 Å². The topological polar surface area (TPSA) is 63.4 Å². The summed E-state index contributed by atoms with van der Waals surface area (Å²) >= 11 is 6.91. The van der Waals surface area contributed by atoms with E-state index in [1.165, 1.54) is 4.90 Å². The fourth-order valence-electron chi connectivity index (χ4n) is 1.91. The lowest BCUT2D eigenvalue weighted by atomic mass is 10.1. The molecule has 1 unspecified atom stereocenters. The van der Waals surface area contributed by atoms with Crippen molar-refractivity contribution in [2.24, 2.45) is 5.73 Å². The standard InChI is InChI=1S/C13H15ClN2O2S/c14-10-4-2-9(3-5-10)8-11-12(17)16(7-1-6-15)13(18)19-11/h2-5,11H,1,6-8,15H2. The lowest BCUT2D eigenvalue weighted by molar-refractivity contribution is -0.126. The van der Waals surface area contributed by atoms with Crippen LogP contribution in [-0.4, -0.2) is 34.4 Å². The Labute approximate surface area is 121 Å². The molecule has 19 heavy (non-hydrogen) atoms. The van der Waals surface area contributed by atoms with Gasteiger partial charge in [-0.3, -0.25) is 14.5 Å². The van der Waals surface area contributed by atoms with Crippen LogP contribution in [0.5, 0.6) is 0 Å². The number of carbonyl (C=O) groups is 2. The van der Waals surface area contributed by atoms with Crippen LogP contribution in [0.25, 0.3) is 0 Å². The van der Waals surface area contributed by atoms with E-state index in [4.69, 9.17) is 17.3 Å². The highest BCUT2D eigenvalue weighted by molar-refractivity contribution is 8.15. The minimum absolute atomic E-state index is 0.113. The normalized spacial score (nSPS) is 19.3. The van der Waals surface area contributed by atoms with Gasteiger partial charge in [-0.1, -0.05) is 35.5 Å². The predicted molar refractivity (Wildman–Crippen MR) is 77.3 cm³/mol. The zero-order valence-corrected chi connectivity index (χ0v) is 11.9. The van der Waals surface area contributed by atoms with Crippen LogP contribution in [0.4, 0.5) is 4.79 Å². The third kappa shape index (κ3) is 3.49. The summed E-state index contributed by atoms with van der Waals surface area (Å²) < 4.78 is 0. The molecule has 2 rings (SSSR count). The van der Waals surface area contributed by atoms with Crippen LogP contribution in [0, 0.1) is 0 Å². The lowest BCUT2D eigenvalue weighted by Gasteiger charge is -2.12. The molecule has 0 aliphatic carbocycles. The van der Waals surface area contributed by atoms with Gasteiger partial charge in [0.2, 0.25) is 5.91 Å². The molecular formula is C13H15ClN2O2S. The average Bonchev–Trinajstić information content (AvgIpc) is 2.65.